The Morgan fingerprint density at radius 1 is 0.833 bits per heavy atom. The summed E-state index contributed by atoms with van der Waals surface area (Å²) in [4.78, 5) is 0. The minimum absolute atomic E-state index is 0.389. The number of benzene rings is 3. The Kier molecular flexibility index (Phi) is 2.64. The molecule has 0 aliphatic carbocycles. The van der Waals surface area contributed by atoms with E-state index >= 15 is 0 Å². The smallest absolute Gasteiger partial charge is 0.140 e. The molecule has 0 amide bonds. The zero-order valence-electron chi connectivity index (χ0n) is 14.1. The molecule has 0 unspecified atom stereocenters. The van der Waals surface area contributed by atoms with E-state index in [0.29, 0.717) is 5.92 Å². The van der Waals surface area contributed by atoms with Crippen LogP contribution >= 0.6 is 0 Å². The van der Waals surface area contributed by atoms with Crippen LogP contribution in [0.15, 0.2) is 59.0 Å². The fraction of sp³-hybridized carbons (Fsp3) is 0.182. The van der Waals surface area contributed by atoms with Crippen molar-refractivity contribution in [1.29, 1.82) is 0 Å². The molecule has 0 N–H and O–H groups in total. The van der Waals surface area contributed by atoms with E-state index in [0.717, 1.165) is 11.2 Å². The van der Waals surface area contributed by atoms with Gasteiger partial charge in [0.05, 0.1) is 5.52 Å². The van der Waals surface area contributed by atoms with Gasteiger partial charge in [0.1, 0.15) is 11.2 Å². The van der Waals surface area contributed by atoms with Crippen LogP contribution in [-0.2, 0) is 7.05 Å². The van der Waals surface area contributed by atoms with Gasteiger partial charge in [-0.15, -0.1) is 0 Å². The molecule has 0 saturated carbocycles. The molecule has 0 spiro atoms. The van der Waals surface area contributed by atoms with Gasteiger partial charge >= 0.3 is 0 Å². The number of rotatable bonds is 1. The molecule has 5 rings (SSSR count). The maximum atomic E-state index is 6.29. The van der Waals surface area contributed by atoms with Gasteiger partial charge in [0, 0.05) is 39.7 Å². The number of hydrogen-bond acceptors (Lipinski definition) is 1. The summed E-state index contributed by atoms with van der Waals surface area (Å²) in [7, 11) is 2.16. The van der Waals surface area contributed by atoms with Gasteiger partial charge in [0.15, 0.2) is 0 Å². The SMILES string of the molecule is CC(C)c1c2oc3ccccc3c2cc2c3ccccc3n(C)c12. The van der Waals surface area contributed by atoms with Crippen LogP contribution in [0.5, 0.6) is 0 Å². The van der Waals surface area contributed by atoms with Crippen LogP contribution in [0.1, 0.15) is 25.3 Å². The van der Waals surface area contributed by atoms with Gasteiger partial charge in [-0.25, -0.2) is 0 Å². The minimum atomic E-state index is 0.389. The first-order valence-corrected chi connectivity index (χ1v) is 8.48. The second kappa shape index (κ2) is 4.64. The van der Waals surface area contributed by atoms with Crippen molar-refractivity contribution in [3.63, 3.8) is 0 Å². The highest BCUT2D eigenvalue weighted by molar-refractivity contribution is 6.18. The second-order valence-electron chi connectivity index (χ2n) is 6.89. The van der Waals surface area contributed by atoms with Gasteiger partial charge in [0.25, 0.3) is 0 Å². The van der Waals surface area contributed by atoms with Gasteiger partial charge < -0.3 is 8.98 Å². The summed E-state index contributed by atoms with van der Waals surface area (Å²) in [6.45, 7) is 4.50. The monoisotopic (exact) mass is 313 g/mol. The first kappa shape index (κ1) is 13.7. The first-order valence-electron chi connectivity index (χ1n) is 8.48. The molecule has 2 nitrogen and oxygen atoms in total. The third-order valence-corrected chi connectivity index (χ3v) is 5.15. The molecule has 0 saturated heterocycles. The van der Waals surface area contributed by atoms with E-state index in [1.165, 1.54) is 38.1 Å². The van der Waals surface area contributed by atoms with Gasteiger partial charge in [-0.05, 0) is 24.1 Å². The summed E-state index contributed by atoms with van der Waals surface area (Å²) in [6, 6.07) is 19.3. The Hall–Kier alpha value is -2.74. The molecule has 0 aliphatic rings. The number of furan rings is 1. The molecular weight excluding hydrogens is 294 g/mol. The third kappa shape index (κ3) is 1.60. The van der Waals surface area contributed by atoms with Gasteiger partial charge in [-0.2, -0.15) is 0 Å². The average Bonchev–Trinajstić information content (AvgIpc) is 3.10. The van der Waals surface area contributed by atoms with E-state index in [-0.39, 0.29) is 0 Å². The van der Waals surface area contributed by atoms with Gasteiger partial charge in [-0.3, -0.25) is 0 Å². The molecule has 3 aromatic carbocycles. The highest BCUT2D eigenvalue weighted by atomic mass is 16.3. The summed E-state index contributed by atoms with van der Waals surface area (Å²) in [5.41, 5.74) is 5.86. The zero-order valence-corrected chi connectivity index (χ0v) is 14.1. The number of aromatic nitrogens is 1. The molecule has 2 heteroatoms. The summed E-state index contributed by atoms with van der Waals surface area (Å²) in [5, 5.41) is 5.04. The van der Waals surface area contributed by atoms with E-state index in [1.54, 1.807) is 0 Å². The van der Waals surface area contributed by atoms with Crippen molar-refractivity contribution in [3.8, 4) is 0 Å². The molecule has 0 bridgehead atoms. The Morgan fingerprint density at radius 3 is 2.33 bits per heavy atom. The number of para-hydroxylation sites is 2. The number of fused-ring (bicyclic) bond motifs is 6. The quantitative estimate of drug-likeness (QED) is 0.352. The molecular formula is C22H19NO. The van der Waals surface area contributed by atoms with Crippen molar-refractivity contribution >= 4 is 43.7 Å². The molecule has 118 valence electrons. The molecule has 24 heavy (non-hydrogen) atoms. The van der Waals surface area contributed by atoms with Crippen molar-refractivity contribution in [2.45, 2.75) is 19.8 Å². The van der Waals surface area contributed by atoms with Crippen LogP contribution in [0.4, 0.5) is 0 Å². The fourth-order valence-corrected chi connectivity index (χ4v) is 4.09. The molecule has 0 fully saturated rings. The van der Waals surface area contributed by atoms with E-state index < -0.39 is 0 Å². The van der Waals surface area contributed by atoms with Crippen molar-refractivity contribution in [2.24, 2.45) is 7.05 Å². The third-order valence-electron chi connectivity index (χ3n) is 5.15. The van der Waals surface area contributed by atoms with Gasteiger partial charge in [0.2, 0.25) is 0 Å². The number of hydrogen-bond donors (Lipinski definition) is 0. The lowest BCUT2D eigenvalue weighted by Crippen LogP contribution is -1.95. The van der Waals surface area contributed by atoms with Crippen LogP contribution in [0.3, 0.4) is 0 Å². The van der Waals surface area contributed by atoms with E-state index in [4.69, 9.17) is 4.42 Å². The summed E-state index contributed by atoms with van der Waals surface area (Å²) in [6.07, 6.45) is 0. The van der Waals surface area contributed by atoms with Crippen LogP contribution in [-0.4, -0.2) is 4.57 Å². The second-order valence-corrected chi connectivity index (χ2v) is 6.89. The Balaban J connectivity index is 2.14. The standard InChI is InChI=1S/C22H19NO/c1-13(2)20-21-16(14-8-4-6-10-18(14)23(21)3)12-17-15-9-5-7-11-19(15)24-22(17)20/h4-13H,1-3H3. The lowest BCUT2D eigenvalue weighted by Gasteiger charge is -2.11. The van der Waals surface area contributed by atoms with E-state index in [2.05, 4.69) is 74.0 Å². The Bertz CT molecular complexity index is 1240. The first-order chi connectivity index (χ1) is 11.7. The molecule has 2 aromatic heterocycles. The van der Waals surface area contributed by atoms with E-state index in [1.807, 2.05) is 6.07 Å². The predicted octanol–water partition coefficient (Wildman–Crippen LogP) is 6.35. The van der Waals surface area contributed by atoms with Crippen LogP contribution in [0.25, 0.3) is 43.7 Å². The maximum Gasteiger partial charge on any atom is 0.140 e. The Morgan fingerprint density at radius 2 is 1.54 bits per heavy atom. The summed E-state index contributed by atoms with van der Waals surface area (Å²) in [5.74, 6) is 0.389. The highest BCUT2D eigenvalue weighted by Crippen LogP contribution is 2.41. The normalized spacial score (nSPS) is 12.3. The van der Waals surface area contributed by atoms with E-state index in [9.17, 15) is 0 Å². The minimum Gasteiger partial charge on any atom is -0.456 e. The average molecular weight is 313 g/mol. The topological polar surface area (TPSA) is 18.1 Å². The summed E-state index contributed by atoms with van der Waals surface area (Å²) < 4.78 is 8.60. The van der Waals surface area contributed by atoms with Crippen molar-refractivity contribution in [3.05, 3.63) is 60.2 Å². The van der Waals surface area contributed by atoms with Crippen LogP contribution < -0.4 is 0 Å². The largest absolute Gasteiger partial charge is 0.456 e. The molecule has 0 atom stereocenters. The van der Waals surface area contributed by atoms with Crippen molar-refractivity contribution in [1.82, 2.24) is 4.57 Å². The molecule has 0 radical (unpaired) electrons. The van der Waals surface area contributed by atoms with Gasteiger partial charge in [-0.1, -0.05) is 50.2 Å². The highest BCUT2D eigenvalue weighted by Gasteiger charge is 2.21. The van der Waals surface area contributed by atoms with Crippen LogP contribution in [0.2, 0.25) is 0 Å². The lowest BCUT2D eigenvalue weighted by molar-refractivity contribution is 0.657. The van der Waals surface area contributed by atoms with Crippen LogP contribution in [0, 0.1) is 0 Å². The predicted molar refractivity (Wildman–Crippen MR) is 102 cm³/mol. The van der Waals surface area contributed by atoms with Crippen molar-refractivity contribution < 1.29 is 4.42 Å². The van der Waals surface area contributed by atoms with Crippen molar-refractivity contribution in [2.75, 3.05) is 0 Å². The zero-order chi connectivity index (χ0) is 16.4. The number of nitrogens with zero attached hydrogens (tertiary/aromatic N) is 1. The molecule has 0 aliphatic heterocycles. The lowest BCUT2D eigenvalue weighted by atomic mass is 9.96. The molecule has 5 aromatic rings. The Labute approximate surface area is 140 Å². The maximum absolute atomic E-state index is 6.29. The molecule has 2 heterocycles. The fourth-order valence-electron chi connectivity index (χ4n) is 4.09. The number of aryl methyl sites for hydroxylation is 1. The summed E-state index contributed by atoms with van der Waals surface area (Å²) >= 11 is 0.